The third kappa shape index (κ3) is 2.33. The van der Waals surface area contributed by atoms with E-state index in [9.17, 15) is 0 Å². The van der Waals surface area contributed by atoms with Crippen molar-refractivity contribution in [2.75, 3.05) is 17.7 Å². The SMILES string of the molecule is Cc1ccc(N)c(N(C)Cc2cccs2)n1. The van der Waals surface area contributed by atoms with Crippen molar-refractivity contribution < 1.29 is 0 Å². The number of rotatable bonds is 3. The summed E-state index contributed by atoms with van der Waals surface area (Å²) >= 11 is 1.75. The zero-order valence-corrected chi connectivity index (χ0v) is 10.3. The number of pyridine rings is 1. The third-order valence-corrected chi connectivity index (χ3v) is 3.24. The Bertz CT molecular complexity index is 465. The maximum Gasteiger partial charge on any atom is 0.152 e. The molecule has 0 aliphatic heterocycles. The van der Waals surface area contributed by atoms with Gasteiger partial charge in [0.2, 0.25) is 0 Å². The molecule has 0 spiro atoms. The molecule has 0 saturated carbocycles. The number of nitrogen functional groups attached to an aromatic ring is 1. The Morgan fingerprint density at radius 2 is 2.19 bits per heavy atom. The van der Waals surface area contributed by atoms with E-state index in [0.29, 0.717) is 0 Å². The molecule has 0 aromatic carbocycles. The average Bonchev–Trinajstić information content (AvgIpc) is 2.74. The van der Waals surface area contributed by atoms with E-state index in [0.717, 1.165) is 23.7 Å². The van der Waals surface area contributed by atoms with Gasteiger partial charge < -0.3 is 10.6 Å². The number of nitrogens with two attached hydrogens (primary N) is 1. The summed E-state index contributed by atoms with van der Waals surface area (Å²) < 4.78 is 0. The van der Waals surface area contributed by atoms with Gasteiger partial charge in [0.1, 0.15) is 0 Å². The molecule has 2 aromatic rings. The highest BCUT2D eigenvalue weighted by Gasteiger charge is 2.08. The van der Waals surface area contributed by atoms with Crippen molar-refractivity contribution in [2.24, 2.45) is 0 Å². The van der Waals surface area contributed by atoms with Gasteiger partial charge in [-0.05, 0) is 30.5 Å². The van der Waals surface area contributed by atoms with Crippen LogP contribution in [-0.4, -0.2) is 12.0 Å². The first kappa shape index (κ1) is 11.0. The zero-order chi connectivity index (χ0) is 11.5. The minimum Gasteiger partial charge on any atom is -0.396 e. The molecule has 0 unspecified atom stereocenters. The number of aryl methyl sites for hydroxylation is 1. The summed E-state index contributed by atoms with van der Waals surface area (Å²) in [6.45, 7) is 2.82. The summed E-state index contributed by atoms with van der Waals surface area (Å²) in [4.78, 5) is 7.85. The molecule has 3 nitrogen and oxygen atoms in total. The minimum atomic E-state index is 0.727. The van der Waals surface area contributed by atoms with Crippen LogP contribution in [0.4, 0.5) is 11.5 Å². The smallest absolute Gasteiger partial charge is 0.152 e. The number of hydrogen-bond donors (Lipinski definition) is 1. The van der Waals surface area contributed by atoms with Gasteiger partial charge >= 0.3 is 0 Å². The molecule has 0 saturated heterocycles. The van der Waals surface area contributed by atoms with Crippen LogP contribution in [-0.2, 0) is 6.54 Å². The minimum absolute atomic E-state index is 0.727. The van der Waals surface area contributed by atoms with E-state index in [1.54, 1.807) is 11.3 Å². The first-order chi connectivity index (χ1) is 7.66. The second kappa shape index (κ2) is 4.53. The molecular weight excluding hydrogens is 218 g/mol. The van der Waals surface area contributed by atoms with E-state index in [4.69, 9.17) is 5.73 Å². The van der Waals surface area contributed by atoms with Gasteiger partial charge in [-0.15, -0.1) is 11.3 Å². The van der Waals surface area contributed by atoms with Crippen molar-refractivity contribution in [3.05, 3.63) is 40.2 Å². The van der Waals surface area contributed by atoms with Crippen LogP contribution < -0.4 is 10.6 Å². The number of hydrogen-bond acceptors (Lipinski definition) is 4. The topological polar surface area (TPSA) is 42.1 Å². The van der Waals surface area contributed by atoms with E-state index < -0.39 is 0 Å². The number of thiophene rings is 1. The Balaban J connectivity index is 2.20. The Hall–Kier alpha value is -1.55. The molecule has 0 fully saturated rings. The molecule has 4 heteroatoms. The zero-order valence-electron chi connectivity index (χ0n) is 9.47. The summed E-state index contributed by atoms with van der Waals surface area (Å²) in [6, 6.07) is 8.01. The van der Waals surface area contributed by atoms with Gasteiger partial charge in [-0.25, -0.2) is 4.98 Å². The molecule has 2 N–H and O–H groups in total. The van der Waals surface area contributed by atoms with Crippen molar-refractivity contribution in [2.45, 2.75) is 13.5 Å². The molecular formula is C12H15N3S. The van der Waals surface area contributed by atoms with Crippen LogP contribution in [0.2, 0.25) is 0 Å². The fraction of sp³-hybridized carbons (Fsp3) is 0.250. The Morgan fingerprint density at radius 1 is 1.38 bits per heavy atom. The lowest BCUT2D eigenvalue weighted by Crippen LogP contribution is -2.18. The number of aromatic nitrogens is 1. The Kier molecular flexibility index (Phi) is 3.10. The van der Waals surface area contributed by atoms with Crippen molar-refractivity contribution >= 4 is 22.8 Å². The van der Waals surface area contributed by atoms with Gasteiger partial charge in [-0.2, -0.15) is 0 Å². The van der Waals surface area contributed by atoms with Crippen LogP contribution >= 0.6 is 11.3 Å². The lowest BCUT2D eigenvalue weighted by molar-refractivity contribution is 0.908. The highest BCUT2D eigenvalue weighted by Crippen LogP contribution is 2.22. The maximum absolute atomic E-state index is 5.92. The number of anilines is 2. The molecule has 0 aliphatic rings. The first-order valence-electron chi connectivity index (χ1n) is 5.13. The van der Waals surface area contributed by atoms with E-state index >= 15 is 0 Å². The summed E-state index contributed by atoms with van der Waals surface area (Å²) in [7, 11) is 2.01. The number of nitrogens with zero attached hydrogens (tertiary/aromatic N) is 2. The van der Waals surface area contributed by atoms with Gasteiger partial charge in [-0.1, -0.05) is 6.07 Å². The molecule has 0 radical (unpaired) electrons. The Morgan fingerprint density at radius 3 is 2.88 bits per heavy atom. The van der Waals surface area contributed by atoms with Crippen molar-refractivity contribution in [1.29, 1.82) is 0 Å². The van der Waals surface area contributed by atoms with Gasteiger partial charge in [0.25, 0.3) is 0 Å². The average molecular weight is 233 g/mol. The summed E-state index contributed by atoms with van der Waals surface area (Å²) in [6.07, 6.45) is 0. The predicted octanol–water partition coefficient (Wildman–Crippen LogP) is 2.67. The highest BCUT2D eigenvalue weighted by molar-refractivity contribution is 7.09. The van der Waals surface area contributed by atoms with E-state index in [1.807, 2.05) is 26.1 Å². The molecule has 2 aromatic heterocycles. The van der Waals surface area contributed by atoms with Crippen LogP contribution in [0.15, 0.2) is 29.6 Å². The van der Waals surface area contributed by atoms with Crippen LogP contribution in [0.1, 0.15) is 10.6 Å². The summed E-state index contributed by atoms with van der Waals surface area (Å²) in [5.41, 5.74) is 7.63. The van der Waals surface area contributed by atoms with Gasteiger partial charge in [-0.3, -0.25) is 0 Å². The quantitative estimate of drug-likeness (QED) is 0.886. The van der Waals surface area contributed by atoms with Crippen LogP contribution in [0.5, 0.6) is 0 Å². The van der Waals surface area contributed by atoms with Crippen LogP contribution in [0, 0.1) is 6.92 Å². The molecule has 0 amide bonds. The van der Waals surface area contributed by atoms with Gasteiger partial charge in [0.15, 0.2) is 5.82 Å². The third-order valence-electron chi connectivity index (χ3n) is 2.38. The Labute approximate surface area is 99.5 Å². The molecule has 0 atom stereocenters. The standard InChI is InChI=1S/C12H15N3S/c1-9-5-6-11(13)12(14-9)15(2)8-10-4-3-7-16-10/h3-7H,8,13H2,1-2H3. The molecule has 2 heterocycles. The lowest BCUT2D eigenvalue weighted by atomic mass is 10.3. The van der Waals surface area contributed by atoms with Crippen molar-refractivity contribution in [1.82, 2.24) is 4.98 Å². The second-order valence-corrected chi connectivity index (χ2v) is 4.83. The molecule has 2 rings (SSSR count). The van der Waals surface area contributed by atoms with E-state index in [1.165, 1.54) is 4.88 Å². The second-order valence-electron chi connectivity index (χ2n) is 3.80. The van der Waals surface area contributed by atoms with E-state index in [-0.39, 0.29) is 0 Å². The lowest BCUT2D eigenvalue weighted by Gasteiger charge is -2.19. The van der Waals surface area contributed by atoms with Crippen molar-refractivity contribution in [3.8, 4) is 0 Å². The van der Waals surface area contributed by atoms with E-state index in [2.05, 4.69) is 27.4 Å². The molecule has 0 aliphatic carbocycles. The maximum atomic E-state index is 5.92. The largest absolute Gasteiger partial charge is 0.396 e. The highest BCUT2D eigenvalue weighted by atomic mass is 32.1. The normalized spacial score (nSPS) is 10.4. The summed E-state index contributed by atoms with van der Waals surface area (Å²) in [5.74, 6) is 0.855. The summed E-state index contributed by atoms with van der Waals surface area (Å²) in [5, 5.41) is 2.08. The van der Waals surface area contributed by atoms with Crippen molar-refractivity contribution in [3.63, 3.8) is 0 Å². The van der Waals surface area contributed by atoms with Crippen LogP contribution in [0.3, 0.4) is 0 Å². The molecule has 84 valence electrons. The predicted molar refractivity (Wildman–Crippen MR) is 69.8 cm³/mol. The monoisotopic (exact) mass is 233 g/mol. The van der Waals surface area contributed by atoms with Gasteiger partial charge in [0.05, 0.1) is 12.2 Å². The first-order valence-corrected chi connectivity index (χ1v) is 6.01. The fourth-order valence-corrected chi connectivity index (χ4v) is 2.33. The molecule has 0 bridgehead atoms. The molecule has 16 heavy (non-hydrogen) atoms. The van der Waals surface area contributed by atoms with Crippen LogP contribution in [0.25, 0.3) is 0 Å². The van der Waals surface area contributed by atoms with Gasteiger partial charge in [0, 0.05) is 17.6 Å². The fourth-order valence-electron chi connectivity index (χ4n) is 1.57.